The number of carbonyl (C=O) groups excluding carboxylic acids is 1. The summed E-state index contributed by atoms with van der Waals surface area (Å²) in [6.07, 6.45) is 5.81. The first-order valence-corrected chi connectivity index (χ1v) is 8.10. The van der Waals surface area contributed by atoms with Crippen molar-refractivity contribution in [1.82, 2.24) is 15.1 Å². The van der Waals surface area contributed by atoms with Crippen LogP contribution in [0.4, 0.5) is 5.69 Å². The molecule has 1 aliphatic rings. The highest BCUT2D eigenvalue weighted by Crippen LogP contribution is 2.22. The summed E-state index contributed by atoms with van der Waals surface area (Å²) in [4.78, 5) is 12.9. The lowest BCUT2D eigenvalue weighted by molar-refractivity contribution is -0.122. The van der Waals surface area contributed by atoms with Crippen molar-refractivity contribution >= 4 is 38.9 Å². The molecule has 5 nitrogen and oxygen atoms in total. The molecule has 2 heterocycles. The molecule has 0 unspecified atom stereocenters. The van der Waals surface area contributed by atoms with E-state index in [0.717, 1.165) is 28.9 Å². The van der Waals surface area contributed by atoms with E-state index in [9.17, 15) is 4.79 Å². The SMILES string of the molecule is O=C(Cn1cc(NCc2ccc(Br)s2)cn1)NC1CC1. The molecule has 3 rings (SSSR count). The van der Waals surface area contributed by atoms with E-state index in [1.165, 1.54) is 4.88 Å². The van der Waals surface area contributed by atoms with Crippen molar-refractivity contribution in [3.05, 3.63) is 33.2 Å². The summed E-state index contributed by atoms with van der Waals surface area (Å²) in [7, 11) is 0. The number of amides is 1. The molecule has 20 heavy (non-hydrogen) atoms. The molecule has 2 N–H and O–H groups in total. The normalized spacial score (nSPS) is 14.2. The first kappa shape index (κ1) is 13.6. The van der Waals surface area contributed by atoms with Gasteiger partial charge in [0, 0.05) is 23.7 Å². The van der Waals surface area contributed by atoms with Gasteiger partial charge in [-0.15, -0.1) is 11.3 Å². The number of anilines is 1. The molecule has 0 saturated heterocycles. The van der Waals surface area contributed by atoms with Gasteiger partial charge in [-0.3, -0.25) is 9.48 Å². The maximum absolute atomic E-state index is 11.7. The highest BCUT2D eigenvalue weighted by atomic mass is 79.9. The van der Waals surface area contributed by atoms with E-state index in [1.807, 2.05) is 12.3 Å². The summed E-state index contributed by atoms with van der Waals surface area (Å²) in [6, 6.07) is 4.51. The number of carbonyl (C=O) groups is 1. The Morgan fingerprint density at radius 1 is 1.50 bits per heavy atom. The molecule has 0 radical (unpaired) electrons. The van der Waals surface area contributed by atoms with Gasteiger partial charge in [0.05, 0.1) is 15.7 Å². The van der Waals surface area contributed by atoms with E-state index in [-0.39, 0.29) is 12.5 Å². The lowest BCUT2D eigenvalue weighted by Gasteiger charge is -2.03. The average molecular weight is 355 g/mol. The standard InChI is InChI=1S/C13H15BrN4OS/c14-12-4-3-11(20-12)6-15-10-5-16-18(7-10)8-13(19)17-9-1-2-9/h3-5,7,9,15H,1-2,6,8H2,(H,17,19). The molecule has 0 aromatic carbocycles. The van der Waals surface area contributed by atoms with Crippen LogP contribution in [0.2, 0.25) is 0 Å². The Labute approximate surface area is 129 Å². The summed E-state index contributed by atoms with van der Waals surface area (Å²) < 4.78 is 2.78. The van der Waals surface area contributed by atoms with Crippen LogP contribution in [-0.4, -0.2) is 21.7 Å². The third kappa shape index (κ3) is 3.83. The van der Waals surface area contributed by atoms with Crippen LogP contribution in [0.3, 0.4) is 0 Å². The van der Waals surface area contributed by atoms with Crippen molar-refractivity contribution < 1.29 is 4.79 Å². The van der Waals surface area contributed by atoms with E-state index in [1.54, 1.807) is 22.2 Å². The second kappa shape index (κ2) is 5.97. The summed E-state index contributed by atoms with van der Waals surface area (Å²) in [5.74, 6) is 0.0318. The third-order valence-corrected chi connectivity index (χ3v) is 4.60. The number of rotatable bonds is 6. The van der Waals surface area contributed by atoms with Gasteiger partial charge in [-0.2, -0.15) is 5.10 Å². The fourth-order valence-corrected chi connectivity index (χ4v) is 3.25. The summed E-state index contributed by atoms with van der Waals surface area (Å²) in [6.45, 7) is 1.04. The van der Waals surface area contributed by atoms with Crippen molar-refractivity contribution in [2.45, 2.75) is 32.0 Å². The highest BCUT2D eigenvalue weighted by Gasteiger charge is 2.23. The lowest BCUT2D eigenvalue weighted by Crippen LogP contribution is -2.29. The maximum Gasteiger partial charge on any atom is 0.241 e. The number of aromatic nitrogens is 2. The Balaban J connectivity index is 1.49. The topological polar surface area (TPSA) is 59.0 Å². The second-order valence-corrected chi connectivity index (χ2v) is 7.38. The Kier molecular flexibility index (Phi) is 4.07. The zero-order valence-electron chi connectivity index (χ0n) is 10.8. The number of hydrogen-bond acceptors (Lipinski definition) is 4. The van der Waals surface area contributed by atoms with Crippen LogP contribution in [-0.2, 0) is 17.9 Å². The molecule has 1 amide bonds. The van der Waals surface area contributed by atoms with Crippen molar-refractivity contribution in [2.24, 2.45) is 0 Å². The molecule has 0 bridgehead atoms. The molecular weight excluding hydrogens is 340 g/mol. The molecule has 1 saturated carbocycles. The minimum absolute atomic E-state index is 0.0318. The van der Waals surface area contributed by atoms with Crippen molar-refractivity contribution in [1.29, 1.82) is 0 Å². The molecule has 106 valence electrons. The molecule has 2 aromatic heterocycles. The van der Waals surface area contributed by atoms with Gasteiger partial charge in [0.1, 0.15) is 6.54 Å². The zero-order chi connectivity index (χ0) is 13.9. The number of nitrogens with one attached hydrogen (secondary N) is 2. The molecule has 1 aliphatic carbocycles. The maximum atomic E-state index is 11.7. The Hall–Kier alpha value is -1.34. The minimum atomic E-state index is 0.0318. The molecular formula is C13H15BrN4OS. The first-order valence-electron chi connectivity index (χ1n) is 6.49. The Morgan fingerprint density at radius 3 is 3.05 bits per heavy atom. The van der Waals surface area contributed by atoms with E-state index < -0.39 is 0 Å². The summed E-state index contributed by atoms with van der Waals surface area (Å²) in [5, 5.41) is 10.4. The van der Waals surface area contributed by atoms with E-state index >= 15 is 0 Å². The molecule has 7 heteroatoms. The highest BCUT2D eigenvalue weighted by molar-refractivity contribution is 9.11. The Bertz CT molecular complexity index is 605. The van der Waals surface area contributed by atoms with Crippen LogP contribution in [0, 0.1) is 0 Å². The van der Waals surface area contributed by atoms with Crippen LogP contribution in [0.5, 0.6) is 0 Å². The van der Waals surface area contributed by atoms with E-state index in [2.05, 4.69) is 37.7 Å². The van der Waals surface area contributed by atoms with Gasteiger partial charge in [-0.25, -0.2) is 0 Å². The van der Waals surface area contributed by atoms with Gasteiger partial charge in [-0.1, -0.05) is 0 Å². The molecule has 0 aliphatic heterocycles. The third-order valence-electron chi connectivity index (χ3n) is 2.98. The molecule has 0 spiro atoms. The second-order valence-electron chi connectivity index (χ2n) is 4.83. The van der Waals surface area contributed by atoms with Crippen molar-refractivity contribution in [3.63, 3.8) is 0 Å². The molecule has 0 atom stereocenters. The van der Waals surface area contributed by atoms with Gasteiger partial charge in [0.15, 0.2) is 0 Å². The van der Waals surface area contributed by atoms with Gasteiger partial charge in [-0.05, 0) is 40.9 Å². The number of nitrogens with zero attached hydrogens (tertiary/aromatic N) is 2. The van der Waals surface area contributed by atoms with Crippen molar-refractivity contribution in [3.8, 4) is 0 Å². The smallest absolute Gasteiger partial charge is 0.241 e. The predicted molar refractivity (Wildman–Crippen MR) is 82.7 cm³/mol. The molecule has 1 fully saturated rings. The number of hydrogen-bond donors (Lipinski definition) is 2. The van der Waals surface area contributed by atoms with Gasteiger partial charge >= 0.3 is 0 Å². The van der Waals surface area contributed by atoms with E-state index in [4.69, 9.17) is 0 Å². The van der Waals surface area contributed by atoms with Crippen LogP contribution < -0.4 is 10.6 Å². The monoisotopic (exact) mass is 354 g/mol. The van der Waals surface area contributed by atoms with Gasteiger partial charge < -0.3 is 10.6 Å². The largest absolute Gasteiger partial charge is 0.378 e. The quantitative estimate of drug-likeness (QED) is 0.838. The predicted octanol–water partition coefficient (Wildman–Crippen LogP) is 2.60. The summed E-state index contributed by atoms with van der Waals surface area (Å²) in [5.41, 5.74) is 0.925. The lowest BCUT2D eigenvalue weighted by atomic mass is 10.4. The van der Waals surface area contributed by atoms with Gasteiger partial charge in [0.2, 0.25) is 5.91 Å². The number of thiophene rings is 1. The Morgan fingerprint density at radius 2 is 2.35 bits per heavy atom. The van der Waals surface area contributed by atoms with Crippen LogP contribution in [0.15, 0.2) is 28.3 Å². The molecule has 2 aromatic rings. The van der Waals surface area contributed by atoms with Crippen LogP contribution >= 0.6 is 27.3 Å². The number of halogens is 1. The fourth-order valence-electron chi connectivity index (χ4n) is 1.83. The fraction of sp³-hybridized carbons (Fsp3) is 0.385. The van der Waals surface area contributed by atoms with E-state index in [0.29, 0.717) is 6.04 Å². The first-order chi connectivity index (χ1) is 9.69. The minimum Gasteiger partial charge on any atom is -0.378 e. The van der Waals surface area contributed by atoms with Crippen LogP contribution in [0.1, 0.15) is 17.7 Å². The van der Waals surface area contributed by atoms with Gasteiger partial charge in [0.25, 0.3) is 0 Å². The zero-order valence-corrected chi connectivity index (χ0v) is 13.2. The van der Waals surface area contributed by atoms with Crippen LogP contribution in [0.25, 0.3) is 0 Å². The average Bonchev–Trinajstić information content (AvgIpc) is 2.94. The van der Waals surface area contributed by atoms with Crippen molar-refractivity contribution in [2.75, 3.05) is 5.32 Å². The summed E-state index contributed by atoms with van der Waals surface area (Å²) >= 11 is 5.15.